The van der Waals surface area contributed by atoms with Gasteiger partial charge in [0.1, 0.15) is 5.54 Å². The summed E-state index contributed by atoms with van der Waals surface area (Å²) in [7, 11) is 0. The second-order valence-corrected chi connectivity index (χ2v) is 5.71. The number of hydrogen-bond donors (Lipinski definition) is 1. The minimum atomic E-state index is -1.11. The predicted molar refractivity (Wildman–Crippen MR) is 82.1 cm³/mol. The van der Waals surface area contributed by atoms with E-state index in [1.54, 1.807) is 49.5 Å². The molecular weight excluding hydrogens is 302 g/mol. The second-order valence-electron chi connectivity index (χ2n) is 5.28. The quantitative estimate of drug-likeness (QED) is 0.886. The molecule has 1 unspecified atom stereocenters. The molecule has 1 fully saturated rings. The van der Waals surface area contributed by atoms with E-state index in [1.807, 2.05) is 6.07 Å². The number of amides is 3. The molecule has 1 N–H and O–H groups in total. The van der Waals surface area contributed by atoms with Gasteiger partial charge in [0.15, 0.2) is 0 Å². The predicted octanol–water partition coefficient (Wildman–Crippen LogP) is 2.70. The Balaban J connectivity index is 1.91. The molecule has 1 saturated heterocycles. The van der Waals surface area contributed by atoms with Gasteiger partial charge in [-0.05, 0) is 36.8 Å². The van der Waals surface area contributed by atoms with E-state index in [1.165, 1.54) is 4.90 Å². The smallest absolute Gasteiger partial charge is 0.319 e. The molecule has 3 rings (SSSR count). The third kappa shape index (κ3) is 2.44. The minimum Gasteiger partial charge on any atom is -0.319 e. The molecule has 1 atom stereocenters. The van der Waals surface area contributed by atoms with Gasteiger partial charge in [-0.1, -0.05) is 29.8 Å². The number of aromatic nitrogens is 1. The SMILES string of the molecule is CC1(c2cccc(Cl)c2)NC(=O)N(Cc2ccccn2)C1=O. The number of nitrogens with zero attached hydrogens (tertiary/aromatic N) is 2. The van der Waals surface area contributed by atoms with Crippen LogP contribution in [0.3, 0.4) is 0 Å². The molecular formula is C16H14ClN3O2. The highest BCUT2D eigenvalue weighted by molar-refractivity contribution is 6.30. The molecule has 112 valence electrons. The first-order valence-electron chi connectivity index (χ1n) is 6.81. The Labute approximate surface area is 132 Å². The van der Waals surface area contributed by atoms with Gasteiger partial charge in [0.05, 0.1) is 12.2 Å². The summed E-state index contributed by atoms with van der Waals surface area (Å²) < 4.78 is 0. The van der Waals surface area contributed by atoms with Crippen molar-refractivity contribution in [3.8, 4) is 0 Å². The van der Waals surface area contributed by atoms with Crippen LogP contribution in [0.15, 0.2) is 48.7 Å². The van der Waals surface area contributed by atoms with Crippen molar-refractivity contribution in [1.29, 1.82) is 0 Å². The van der Waals surface area contributed by atoms with Crippen LogP contribution in [-0.2, 0) is 16.9 Å². The summed E-state index contributed by atoms with van der Waals surface area (Å²) >= 11 is 5.99. The summed E-state index contributed by atoms with van der Waals surface area (Å²) in [5.74, 6) is -0.314. The van der Waals surface area contributed by atoms with Crippen molar-refractivity contribution in [1.82, 2.24) is 15.2 Å². The molecule has 0 spiro atoms. The normalized spacial score (nSPS) is 21.1. The number of rotatable bonds is 3. The number of hydrogen-bond acceptors (Lipinski definition) is 3. The molecule has 5 nitrogen and oxygen atoms in total. The van der Waals surface area contributed by atoms with Gasteiger partial charge in [-0.15, -0.1) is 0 Å². The van der Waals surface area contributed by atoms with Crippen molar-refractivity contribution in [2.24, 2.45) is 0 Å². The number of carbonyl (C=O) groups is 2. The molecule has 0 bridgehead atoms. The maximum atomic E-state index is 12.7. The van der Waals surface area contributed by atoms with E-state index in [-0.39, 0.29) is 12.5 Å². The summed E-state index contributed by atoms with van der Waals surface area (Å²) in [6, 6.07) is 11.9. The van der Waals surface area contributed by atoms with Crippen LogP contribution in [-0.4, -0.2) is 21.8 Å². The maximum absolute atomic E-state index is 12.7. The van der Waals surface area contributed by atoms with Crippen LogP contribution >= 0.6 is 11.6 Å². The Kier molecular flexibility index (Phi) is 3.58. The molecule has 0 saturated carbocycles. The fourth-order valence-corrected chi connectivity index (χ4v) is 2.68. The van der Waals surface area contributed by atoms with Gasteiger partial charge in [0.2, 0.25) is 0 Å². The van der Waals surface area contributed by atoms with Crippen LogP contribution < -0.4 is 5.32 Å². The zero-order valence-electron chi connectivity index (χ0n) is 11.9. The molecule has 2 heterocycles. The van der Waals surface area contributed by atoms with Crippen molar-refractivity contribution >= 4 is 23.5 Å². The number of carbonyl (C=O) groups excluding carboxylic acids is 2. The van der Waals surface area contributed by atoms with E-state index in [0.717, 1.165) is 0 Å². The molecule has 22 heavy (non-hydrogen) atoms. The Morgan fingerprint density at radius 3 is 2.73 bits per heavy atom. The molecule has 1 aromatic carbocycles. The van der Waals surface area contributed by atoms with Gasteiger partial charge in [-0.25, -0.2) is 4.79 Å². The standard InChI is InChI=1S/C16H14ClN3O2/c1-16(11-5-4-6-12(17)9-11)14(21)20(15(22)19-16)10-13-7-2-3-8-18-13/h2-9H,10H2,1H3,(H,19,22). The highest BCUT2D eigenvalue weighted by atomic mass is 35.5. The fourth-order valence-electron chi connectivity index (χ4n) is 2.49. The van der Waals surface area contributed by atoms with Crippen LogP contribution in [0.5, 0.6) is 0 Å². The van der Waals surface area contributed by atoms with Crippen LogP contribution in [0.1, 0.15) is 18.2 Å². The van der Waals surface area contributed by atoms with Crippen LogP contribution in [0, 0.1) is 0 Å². The number of halogens is 1. The lowest BCUT2D eigenvalue weighted by molar-refractivity contribution is -0.131. The van der Waals surface area contributed by atoms with Gasteiger partial charge in [-0.3, -0.25) is 14.7 Å². The zero-order valence-corrected chi connectivity index (χ0v) is 12.7. The van der Waals surface area contributed by atoms with Gasteiger partial charge in [-0.2, -0.15) is 0 Å². The van der Waals surface area contributed by atoms with Crippen LogP contribution in [0.2, 0.25) is 5.02 Å². The number of benzene rings is 1. The van der Waals surface area contributed by atoms with E-state index >= 15 is 0 Å². The summed E-state index contributed by atoms with van der Waals surface area (Å²) in [5.41, 5.74) is 0.194. The van der Waals surface area contributed by atoms with Crippen molar-refractivity contribution < 1.29 is 9.59 Å². The lowest BCUT2D eigenvalue weighted by Crippen LogP contribution is -2.40. The van der Waals surface area contributed by atoms with E-state index in [4.69, 9.17) is 11.6 Å². The topological polar surface area (TPSA) is 62.3 Å². The Bertz CT molecular complexity index is 735. The molecule has 2 aromatic rings. The molecule has 3 amide bonds. The number of imide groups is 1. The fraction of sp³-hybridized carbons (Fsp3) is 0.188. The molecule has 6 heteroatoms. The summed E-state index contributed by atoms with van der Waals surface area (Å²) in [6.07, 6.45) is 1.63. The Morgan fingerprint density at radius 1 is 1.23 bits per heavy atom. The van der Waals surface area contributed by atoms with Crippen molar-refractivity contribution in [2.75, 3.05) is 0 Å². The monoisotopic (exact) mass is 315 g/mol. The number of urea groups is 1. The van der Waals surface area contributed by atoms with Crippen LogP contribution in [0.4, 0.5) is 4.79 Å². The Hall–Kier alpha value is -2.40. The van der Waals surface area contributed by atoms with E-state index < -0.39 is 11.6 Å². The molecule has 1 aliphatic rings. The molecule has 1 aliphatic heterocycles. The summed E-state index contributed by atoms with van der Waals surface area (Å²) in [4.78, 5) is 30.2. The third-order valence-electron chi connectivity index (χ3n) is 3.72. The first-order valence-corrected chi connectivity index (χ1v) is 7.18. The zero-order chi connectivity index (χ0) is 15.7. The average molecular weight is 316 g/mol. The lowest BCUT2D eigenvalue weighted by atomic mass is 9.92. The van der Waals surface area contributed by atoms with E-state index in [9.17, 15) is 9.59 Å². The molecule has 0 radical (unpaired) electrons. The summed E-state index contributed by atoms with van der Waals surface area (Å²) in [6.45, 7) is 1.82. The van der Waals surface area contributed by atoms with Crippen LogP contribution in [0.25, 0.3) is 0 Å². The third-order valence-corrected chi connectivity index (χ3v) is 3.96. The van der Waals surface area contributed by atoms with Gasteiger partial charge in [0.25, 0.3) is 5.91 Å². The van der Waals surface area contributed by atoms with Crippen molar-refractivity contribution in [2.45, 2.75) is 19.0 Å². The summed E-state index contributed by atoms with van der Waals surface area (Å²) in [5, 5.41) is 3.26. The van der Waals surface area contributed by atoms with Gasteiger partial charge < -0.3 is 5.32 Å². The number of nitrogens with one attached hydrogen (secondary N) is 1. The first-order chi connectivity index (χ1) is 10.5. The minimum absolute atomic E-state index is 0.141. The largest absolute Gasteiger partial charge is 0.325 e. The first kappa shape index (κ1) is 14.5. The maximum Gasteiger partial charge on any atom is 0.325 e. The Morgan fingerprint density at radius 2 is 2.05 bits per heavy atom. The average Bonchev–Trinajstić information content (AvgIpc) is 2.73. The molecule has 1 aromatic heterocycles. The highest BCUT2D eigenvalue weighted by Gasteiger charge is 2.49. The number of pyridine rings is 1. The lowest BCUT2D eigenvalue weighted by Gasteiger charge is -2.22. The van der Waals surface area contributed by atoms with Gasteiger partial charge >= 0.3 is 6.03 Å². The second kappa shape index (κ2) is 5.42. The van der Waals surface area contributed by atoms with Gasteiger partial charge in [0, 0.05) is 11.2 Å². The molecule has 0 aliphatic carbocycles. The highest BCUT2D eigenvalue weighted by Crippen LogP contribution is 2.30. The van der Waals surface area contributed by atoms with Crippen molar-refractivity contribution in [3.05, 3.63) is 64.9 Å². The van der Waals surface area contributed by atoms with Crippen molar-refractivity contribution in [3.63, 3.8) is 0 Å². The van der Waals surface area contributed by atoms with E-state index in [2.05, 4.69) is 10.3 Å². The van der Waals surface area contributed by atoms with E-state index in [0.29, 0.717) is 16.3 Å².